The van der Waals surface area contributed by atoms with Crippen molar-refractivity contribution in [2.24, 2.45) is 5.41 Å². The molecule has 7 rings (SSSR count). The number of amides is 2. The second-order valence-corrected chi connectivity index (χ2v) is 13.5. The Bertz CT molecular complexity index is 2160. The number of likely N-dealkylation sites (tertiary alicyclic amines) is 1. The van der Waals surface area contributed by atoms with Crippen LogP contribution in [0.5, 0.6) is 17.2 Å². The summed E-state index contributed by atoms with van der Waals surface area (Å²) in [5.41, 5.74) is 5.61. The number of carbonyl (C=O) groups excluding carboxylic acids is 2. The van der Waals surface area contributed by atoms with Gasteiger partial charge < -0.3 is 29.3 Å². The molecule has 11 nitrogen and oxygen atoms in total. The summed E-state index contributed by atoms with van der Waals surface area (Å²) in [6.07, 6.45) is 8.49. The lowest BCUT2D eigenvalue weighted by Gasteiger charge is -2.55. The van der Waals surface area contributed by atoms with Gasteiger partial charge in [0, 0.05) is 91.3 Å². The molecule has 5 heterocycles. The average molecular weight is 716 g/mol. The highest BCUT2D eigenvalue weighted by Crippen LogP contribution is 2.49. The number of aromatic nitrogens is 3. The molecule has 2 amide bonds. The third-order valence-electron chi connectivity index (χ3n) is 9.90. The van der Waals surface area contributed by atoms with E-state index < -0.39 is 0 Å². The van der Waals surface area contributed by atoms with Crippen LogP contribution in [0, 0.1) is 5.41 Å². The third-order valence-corrected chi connectivity index (χ3v) is 10.6. The van der Waals surface area contributed by atoms with Crippen molar-refractivity contribution in [1.82, 2.24) is 19.3 Å². The van der Waals surface area contributed by atoms with Crippen molar-refractivity contribution in [3.63, 3.8) is 0 Å². The van der Waals surface area contributed by atoms with Crippen LogP contribution in [0.3, 0.4) is 0 Å². The summed E-state index contributed by atoms with van der Waals surface area (Å²) in [5, 5.41) is 4.48. The van der Waals surface area contributed by atoms with E-state index in [1.54, 1.807) is 32.5 Å². The maximum atomic E-state index is 12.7. The van der Waals surface area contributed by atoms with Gasteiger partial charge in [-0.25, -0.2) is 4.98 Å². The highest BCUT2D eigenvalue weighted by Gasteiger charge is 2.46. The van der Waals surface area contributed by atoms with Crippen molar-refractivity contribution in [2.45, 2.75) is 19.8 Å². The minimum absolute atomic E-state index is 0.119. The van der Waals surface area contributed by atoms with Gasteiger partial charge in [-0.2, -0.15) is 0 Å². The second-order valence-electron chi connectivity index (χ2n) is 12.7. The van der Waals surface area contributed by atoms with Crippen LogP contribution < -0.4 is 24.4 Å². The number of nitrogens with one attached hydrogen (secondary N) is 1. The van der Waals surface area contributed by atoms with E-state index >= 15 is 0 Å². The molecule has 1 spiro atoms. The van der Waals surface area contributed by atoms with Crippen LogP contribution in [0.2, 0.25) is 10.0 Å². The maximum absolute atomic E-state index is 12.7. The number of piperidine rings is 1. The van der Waals surface area contributed by atoms with Crippen LogP contribution in [-0.2, 0) is 9.59 Å². The number of hydrogen-bond acceptors (Lipinski definition) is 8. The van der Waals surface area contributed by atoms with Crippen molar-refractivity contribution in [3.8, 4) is 39.6 Å². The fourth-order valence-corrected chi connectivity index (χ4v) is 7.88. The van der Waals surface area contributed by atoms with Crippen LogP contribution >= 0.6 is 23.2 Å². The first-order chi connectivity index (χ1) is 24.1. The summed E-state index contributed by atoms with van der Waals surface area (Å²) in [6, 6.07) is 9.40. The average Bonchev–Trinajstić information content (AvgIpc) is 3.61. The Kier molecular flexibility index (Phi) is 8.73. The van der Waals surface area contributed by atoms with Crippen molar-refractivity contribution < 1.29 is 23.8 Å². The molecule has 0 unspecified atom stereocenters. The lowest BCUT2D eigenvalue weighted by molar-refractivity contribution is -0.131. The zero-order valence-corrected chi connectivity index (χ0v) is 29.7. The van der Waals surface area contributed by atoms with E-state index in [0.717, 1.165) is 55.6 Å². The molecule has 0 atom stereocenters. The standard InChI is InChI=1S/C37H36Cl2N6O5/c1-6-32(47)42-26-14-23(29(48-3)16-28(26)44-19-37(20-44)7-10-43(11-8-37)21(2)46)25-15-27-22(18-41-25)13-24(36-40-9-12-45(27)36)33-34(38)30(49-4)17-31(50-5)35(33)39/h6,9,12-18H,1,7-8,10-11,19-20H2,2-5H3,(H,42,47). The van der Waals surface area contributed by atoms with E-state index in [2.05, 4.69) is 21.8 Å². The van der Waals surface area contributed by atoms with Crippen molar-refractivity contribution in [2.75, 3.05) is 57.7 Å². The number of ether oxygens (including phenoxy) is 3. The summed E-state index contributed by atoms with van der Waals surface area (Å²) in [6.45, 7) is 8.44. The molecule has 258 valence electrons. The molecule has 5 aromatic rings. The molecule has 2 aliphatic heterocycles. The normalized spacial score (nSPS) is 15.2. The number of pyridine rings is 2. The highest BCUT2D eigenvalue weighted by atomic mass is 35.5. The molecule has 2 saturated heterocycles. The minimum atomic E-state index is -0.321. The molecule has 13 heteroatoms. The van der Waals surface area contributed by atoms with Gasteiger partial charge in [0.1, 0.15) is 22.9 Å². The minimum Gasteiger partial charge on any atom is -0.496 e. The number of hydrogen-bond donors (Lipinski definition) is 1. The lowest BCUT2D eigenvalue weighted by atomic mass is 9.71. The molecule has 0 bridgehead atoms. The molecule has 3 aromatic heterocycles. The summed E-state index contributed by atoms with van der Waals surface area (Å²) >= 11 is 13.6. The lowest BCUT2D eigenvalue weighted by Crippen LogP contribution is -2.61. The third kappa shape index (κ3) is 5.64. The number of carbonyl (C=O) groups is 2. The van der Waals surface area contributed by atoms with Gasteiger partial charge in [0.15, 0.2) is 0 Å². The van der Waals surface area contributed by atoms with Crippen molar-refractivity contribution >= 4 is 62.9 Å². The number of imidazole rings is 1. The summed E-state index contributed by atoms with van der Waals surface area (Å²) in [4.78, 5) is 38.2. The van der Waals surface area contributed by atoms with Gasteiger partial charge in [-0.1, -0.05) is 29.8 Å². The summed E-state index contributed by atoms with van der Waals surface area (Å²) in [7, 11) is 4.69. The number of nitrogens with zero attached hydrogens (tertiary/aromatic N) is 5. The Balaban J connectivity index is 1.30. The van der Waals surface area contributed by atoms with E-state index in [1.165, 1.54) is 20.3 Å². The molecule has 2 aromatic carbocycles. The smallest absolute Gasteiger partial charge is 0.247 e. The predicted molar refractivity (Wildman–Crippen MR) is 196 cm³/mol. The number of methoxy groups -OCH3 is 3. The SMILES string of the molecule is C=CC(=O)Nc1cc(-c2cc3c(cn2)cc(-c2c(Cl)c(OC)cc(OC)c2Cl)c2nccn23)c(OC)cc1N1CC2(CCN(C(C)=O)CC2)C1. The first-order valence-electron chi connectivity index (χ1n) is 16.1. The number of rotatable bonds is 8. The van der Waals surface area contributed by atoms with Gasteiger partial charge in [-0.3, -0.25) is 19.0 Å². The fraction of sp³-hybridized carbons (Fsp3) is 0.297. The Morgan fingerprint density at radius 2 is 1.60 bits per heavy atom. The van der Waals surface area contributed by atoms with Gasteiger partial charge in [0.25, 0.3) is 0 Å². The Labute approximate surface area is 299 Å². The van der Waals surface area contributed by atoms with Crippen LogP contribution in [0.25, 0.3) is 38.9 Å². The molecule has 0 saturated carbocycles. The number of halogens is 2. The van der Waals surface area contributed by atoms with Crippen LogP contribution in [-0.4, -0.2) is 78.6 Å². The van der Waals surface area contributed by atoms with Crippen molar-refractivity contribution in [1.29, 1.82) is 0 Å². The largest absolute Gasteiger partial charge is 0.496 e. The molecular weight excluding hydrogens is 679 g/mol. The number of benzene rings is 2. The van der Waals surface area contributed by atoms with E-state index in [0.29, 0.717) is 61.0 Å². The van der Waals surface area contributed by atoms with Gasteiger partial charge in [-0.15, -0.1) is 0 Å². The maximum Gasteiger partial charge on any atom is 0.247 e. The summed E-state index contributed by atoms with van der Waals surface area (Å²) in [5.74, 6) is 1.24. The molecule has 2 aliphatic rings. The van der Waals surface area contributed by atoms with Gasteiger partial charge in [-0.05, 0) is 37.1 Å². The molecule has 0 radical (unpaired) electrons. The van der Waals surface area contributed by atoms with Gasteiger partial charge in [0.05, 0.1) is 54.0 Å². The molecule has 0 aliphatic carbocycles. The zero-order valence-electron chi connectivity index (χ0n) is 28.2. The van der Waals surface area contributed by atoms with Gasteiger partial charge in [0.2, 0.25) is 11.8 Å². The van der Waals surface area contributed by atoms with E-state index in [-0.39, 0.29) is 17.2 Å². The van der Waals surface area contributed by atoms with E-state index in [9.17, 15) is 9.59 Å². The molecule has 50 heavy (non-hydrogen) atoms. The van der Waals surface area contributed by atoms with Crippen LogP contribution in [0.4, 0.5) is 11.4 Å². The van der Waals surface area contributed by atoms with Crippen molar-refractivity contribution in [3.05, 3.63) is 71.6 Å². The first kappa shape index (κ1) is 33.5. The van der Waals surface area contributed by atoms with Crippen LogP contribution in [0.15, 0.2) is 61.6 Å². The Hall–Kier alpha value is -5.00. The topological polar surface area (TPSA) is 111 Å². The van der Waals surface area contributed by atoms with Gasteiger partial charge >= 0.3 is 0 Å². The fourth-order valence-electron chi connectivity index (χ4n) is 7.18. The molecular formula is C37H36Cl2N6O5. The molecule has 1 N–H and O–H groups in total. The predicted octanol–water partition coefficient (Wildman–Crippen LogP) is 7.12. The Morgan fingerprint density at radius 1 is 0.920 bits per heavy atom. The second kappa shape index (κ2) is 13.0. The summed E-state index contributed by atoms with van der Waals surface area (Å²) < 4.78 is 18.9. The zero-order chi connectivity index (χ0) is 35.3. The monoisotopic (exact) mass is 714 g/mol. The van der Waals surface area contributed by atoms with E-state index in [4.69, 9.17) is 42.4 Å². The number of fused-ring (bicyclic) bond motifs is 3. The highest BCUT2D eigenvalue weighted by molar-refractivity contribution is 6.41. The number of anilines is 2. The first-order valence-corrected chi connectivity index (χ1v) is 16.9. The van der Waals surface area contributed by atoms with E-state index in [1.807, 2.05) is 39.8 Å². The Morgan fingerprint density at radius 3 is 2.22 bits per heavy atom. The molecule has 2 fully saturated rings. The van der Waals surface area contributed by atoms with Crippen LogP contribution in [0.1, 0.15) is 19.8 Å². The quantitative estimate of drug-likeness (QED) is 0.169.